The van der Waals surface area contributed by atoms with Gasteiger partial charge in [-0.1, -0.05) is 60.7 Å². The van der Waals surface area contributed by atoms with Crippen molar-refractivity contribution in [3.8, 4) is 5.75 Å². The molecule has 0 bridgehead atoms. The zero-order valence-electron chi connectivity index (χ0n) is 20.4. The Morgan fingerprint density at radius 1 is 0.889 bits per heavy atom. The van der Waals surface area contributed by atoms with Crippen LogP contribution in [0.25, 0.3) is 0 Å². The molecule has 0 aliphatic rings. The predicted molar refractivity (Wildman–Crippen MR) is 136 cm³/mol. The number of benzene rings is 3. The lowest BCUT2D eigenvalue weighted by atomic mass is 10.1. The zero-order chi connectivity index (χ0) is 26.1. The summed E-state index contributed by atoms with van der Waals surface area (Å²) in [6.45, 7) is 3.14. The molecule has 190 valence electrons. The van der Waals surface area contributed by atoms with E-state index in [0.29, 0.717) is 11.3 Å². The first-order valence-electron chi connectivity index (χ1n) is 11.4. The highest BCUT2D eigenvalue weighted by Gasteiger charge is 2.28. The van der Waals surface area contributed by atoms with Gasteiger partial charge in [0, 0.05) is 6.42 Å². The highest BCUT2D eigenvalue weighted by Crippen LogP contribution is 2.16. The second kappa shape index (κ2) is 12.3. The molecule has 0 radical (unpaired) electrons. The lowest BCUT2D eigenvalue weighted by Gasteiger charge is -2.21. The third-order valence-electron chi connectivity index (χ3n) is 5.53. The maximum Gasteiger partial charge on any atom is 0.329 e. The number of carbonyl (C=O) groups is 2. The quantitative estimate of drug-likeness (QED) is 0.384. The molecule has 0 saturated carbocycles. The minimum absolute atomic E-state index is 0.0458. The Bertz CT molecular complexity index is 1280. The number of hydrogen-bond acceptors (Lipinski definition) is 6. The summed E-state index contributed by atoms with van der Waals surface area (Å²) in [6, 6.07) is 20.6. The fraction of sp³-hybridized carbons (Fsp3) is 0.259. The van der Waals surface area contributed by atoms with Crippen LogP contribution in [0.3, 0.4) is 0 Å². The molecular formula is C27H30N2O6S. The van der Waals surface area contributed by atoms with E-state index < -0.39 is 34.0 Å². The SMILES string of the molecule is COc1ccc(CC(NC(=O)C(C)NS(=O)(=O)c2ccccc2C)C(=O)OCc2ccccc2)cc1. The van der Waals surface area contributed by atoms with E-state index in [2.05, 4.69) is 10.0 Å². The third kappa shape index (κ3) is 7.40. The van der Waals surface area contributed by atoms with Crippen LogP contribution in [0.2, 0.25) is 0 Å². The average molecular weight is 511 g/mol. The van der Waals surface area contributed by atoms with Crippen LogP contribution in [0.5, 0.6) is 5.75 Å². The Morgan fingerprint density at radius 2 is 1.53 bits per heavy atom. The minimum atomic E-state index is -3.94. The first-order chi connectivity index (χ1) is 17.2. The summed E-state index contributed by atoms with van der Waals surface area (Å²) in [6.07, 6.45) is 0.153. The minimum Gasteiger partial charge on any atom is -0.497 e. The van der Waals surface area contributed by atoms with Crippen LogP contribution in [0.4, 0.5) is 0 Å². The Hall–Kier alpha value is -3.69. The van der Waals surface area contributed by atoms with Crippen LogP contribution in [-0.2, 0) is 37.4 Å². The van der Waals surface area contributed by atoms with Gasteiger partial charge in [0.25, 0.3) is 0 Å². The van der Waals surface area contributed by atoms with Gasteiger partial charge in [0.1, 0.15) is 18.4 Å². The molecule has 36 heavy (non-hydrogen) atoms. The highest BCUT2D eigenvalue weighted by atomic mass is 32.2. The smallest absolute Gasteiger partial charge is 0.329 e. The van der Waals surface area contributed by atoms with E-state index in [4.69, 9.17) is 9.47 Å². The molecule has 1 amide bonds. The number of aryl methyl sites for hydroxylation is 1. The van der Waals surface area contributed by atoms with E-state index >= 15 is 0 Å². The Kier molecular flexibility index (Phi) is 9.21. The standard InChI is InChI=1S/C27H30N2O6S/c1-19-9-7-8-12-25(19)36(32,33)29-20(2)26(30)28-24(17-21-13-15-23(34-3)16-14-21)27(31)35-18-22-10-5-4-6-11-22/h4-16,20,24,29H,17-18H2,1-3H3,(H,28,30). The summed E-state index contributed by atoms with van der Waals surface area (Å²) in [4.78, 5) is 26.0. The van der Waals surface area contributed by atoms with Crippen LogP contribution >= 0.6 is 0 Å². The summed E-state index contributed by atoms with van der Waals surface area (Å²) in [5.41, 5.74) is 2.13. The Morgan fingerprint density at radius 3 is 2.17 bits per heavy atom. The number of ether oxygens (including phenoxy) is 2. The fourth-order valence-electron chi connectivity index (χ4n) is 3.52. The molecule has 0 saturated heterocycles. The summed E-state index contributed by atoms with van der Waals surface area (Å²) in [5.74, 6) is -0.621. The lowest BCUT2D eigenvalue weighted by molar-refractivity contribution is -0.149. The Balaban J connectivity index is 1.73. The molecule has 3 aromatic carbocycles. The molecular weight excluding hydrogens is 480 g/mol. The van der Waals surface area contributed by atoms with Gasteiger partial charge in [0.15, 0.2) is 0 Å². The molecule has 0 aromatic heterocycles. The number of carbonyl (C=O) groups excluding carboxylic acids is 2. The molecule has 0 aliphatic carbocycles. The van der Waals surface area contributed by atoms with Crippen LogP contribution in [0, 0.1) is 6.92 Å². The number of hydrogen-bond donors (Lipinski definition) is 2. The van der Waals surface area contributed by atoms with E-state index in [0.717, 1.165) is 11.1 Å². The second-order valence-corrected chi connectivity index (χ2v) is 10.00. The monoisotopic (exact) mass is 510 g/mol. The maximum atomic E-state index is 13.0. The molecule has 2 N–H and O–H groups in total. The summed E-state index contributed by atoms with van der Waals surface area (Å²) < 4.78 is 38.6. The number of amides is 1. The first kappa shape index (κ1) is 26.9. The molecule has 9 heteroatoms. The number of esters is 1. The molecule has 0 fully saturated rings. The number of methoxy groups -OCH3 is 1. The molecule has 0 aliphatic heterocycles. The van der Waals surface area contributed by atoms with Gasteiger partial charge in [0.2, 0.25) is 15.9 Å². The van der Waals surface area contributed by atoms with Gasteiger partial charge >= 0.3 is 5.97 Å². The zero-order valence-corrected chi connectivity index (χ0v) is 21.2. The first-order valence-corrected chi connectivity index (χ1v) is 12.9. The molecule has 0 heterocycles. The normalized spacial score (nSPS) is 12.9. The number of nitrogens with one attached hydrogen (secondary N) is 2. The lowest BCUT2D eigenvalue weighted by Crippen LogP contribution is -2.51. The number of rotatable bonds is 11. The van der Waals surface area contributed by atoms with Crippen molar-refractivity contribution in [1.29, 1.82) is 0 Å². The van der Waals surface area contributed by atoms with Gasteiger partial charge in [-0.25, -0.2) is 13.2 Å². The summed E-state index contributed by atoms with van der Waals surface area (Å²) in [5, 5.41) is 2.65. The van der Waals surface area contributed by atoms with Crippen LogP contribution in [0.1, 0.15) is 23.6 Å². The average Bonchev–Trinajstić information content (AvgIpc) is 2.87. The molecule has 2 unspecified atom stereocenters. The van der Waals surface area contributed by atoms with Crippen molar-refractivity contribution < 1.29 is 27.5 Å². The van der Waals surface area contributed by atoms with Gasteiger partial charge in [-0.15, -0.1) is 0 Å². The second-order valence-electron chi connectivity index (χ2n) is 8.32. The summed E-state index contributed by atoms with van der Waals surface area (Å²) in [7, 11) is -2.39. The molecule has 8 nitrogen and oxygen atoms in total. The van der Waals surface area contributed by atoms with Crippen molar-refractivity contribution in [2.75, 3.05) is 7.11 Å². The van der Waals surface area contributed by atoms with Crippen LogP contribution in [0.15, 0.2) is 83.8 Å². The number of sulfonamides is 1. The van der Waals surface area contributed by atoms with Crippen molar-refractivity contribution in [2.45, 2.75) is 43.9 Å². The van der Waals surface area contributed by atoms with E-state index in [1.807, 2.05) is 30.3 Å². The van der Waals surface area contributed by atoms with Gasteiger partial charge in [0.05, 0.1) is 18.0 Å². The third-order valence-corrected chi connectivity index (χ3v) is 7.23. The largest absolute Gasteiger partial charge is 0.497 e. The molecule has 2 atom stereocenters. The van der Waals surface area contributed by atoms with Crippen molar-refractivity contribution >= 4 is 21.9 Å². The topological polar surface area (TPSA) is 111 Å². The summed E-state index contributed by atoms with van der Waals surface area (Å²) >= 11 is 0. The highest BCUT2D eigenvalue weighted by molar-refractivity contribution is 7.89. The van der Waals surface area contributed by atoms with Crippen molar-refractivity contribution in [3.63, 3.8) is 0 Å². The van der Waals surface area contributed by atoms with Gasteiger partial charge in [-0.3, -0.25) is 4.79 Å². The Labute approximate surface area is 211 Å². The van der Waals surface area contributed by atoms with E-state index in [1.54, 1.807) is 56.5 Å². The molecule has 3 rings (SSSR count). The van der Waals surface area contributed by atoms with E-state index in [9.17, 15) is 18.0 Å². The van der Waals surface area contributed by atoms with E-state index in [-0.39, 0.29) is 17.9 Å². The van der Waals surface area contributed by atoms with Crippen molar-refractivity contribution in [1.82, 2.24) is 10.0 Å². The van der Waals surface area contributed by atoms with Gasteiger partial charge in [-0.2, -0.15) is 4.72 Å². The van der Waals surface area contributed by atoms with E-state index in [1.165, 1.54) is 13.0 Å². The van der Waals surface area contributed by atoms with Gasteiger partial charge in [-0.05, 0) is 48.7 Å². The van der Waals surface area contributed by atoms with Crippen LogP contribution in [-0.4, -0.2) is 39.5 Å². The van der Waals surface area contributed by atoms with Gasteiger partial charge < -0.3 is 14.8 Å². The maximum absolute atomic E-state index is 13.0. The predicted octanol–water partition coefficient (Wildman–Crippen LogP) is 3.14. The van der Waals surface area contributed by atoms with Crippen molar-refractivity contribution in [2.24, 2.45) is 0 Å². The van der Waals surface area contributed by atoms with Crippen molar-refractivity contribution in [3.05, 3.63) is 95.6 Å². The van der Waals surface area contributed by atoms with Crippen LogP contribution < -0.4 is 14.8 Å². The fourth-order valence-corrected chi connectivity index (χ4v) is 4.97. The molecule has 3 aromatic rings. The molecule has 0 spiro atoms.